The van der Waals surface area contributed by atoms with Gasteiger partial charge in [-0.25, -0.2) is 4.79 Å². The van der Waals surface area contributed by atoms with Crippen molar-refractivity contribution >= 4 is 52.7 Å². The number of hydrogen-bond donors (Lipinski definition) is 4. The maximum absolute atomic E-state index is 12.9. The van der Waals surface area contributed by atoms with Crippen molar-refractivity contribution < 1.29 is 87.9 Å². The fraction of sp³-hybridized carbons (Fsp3) is 0.452. The van der Waals surface area contributed by atoms with E-state index >= 15 is 0 Å². The summed E-state index contributed by atoms with van der Waals surface area (Å²) in [6.07, 6.45) is -1.00. The third kappa shape index (κ3) is 9.47. The topological polar surface area (TPSA) is 232 Å². The second-order valence-corrected chi connectivity index (χ2v) is 15.5. The number of benzene rings is 2. The molecule has 59 heavy (non-hydrogen) atoms. The SMILES string of the molecule is CCNC(=O)c1ccc(C2=C(C(=O)OCOC(=O)C(C)(C)C)N3C(=O)[C@H]([C@@H](C)O)[C@H]3C2)cc1.CCNC(=O)c1ccc(C2=C(C(=O)[O-])N3C(=O)[C@H]([C@@H](C)O)[C@H]3C2)cc1.[Na+]. The van der Waals surface area contributed by atoms with Gasteiger partial charge in [0.15, 0.2) is 0 Å². The van der Waals surface area contributed by atoms with E-state index in [-0.39, 0.29) is 70.8 Å². The Labute approximate surface area is 364 Å². The van der Waals surface area contributed by atoms with E-state index in [0.29, 0.717) is 59.3 Å². The van der Waals surface area contributed by atoms with Gasteiger partial charge in [-0.15, -0.1) is 0 Å². The predicted octanol–water partition coefficient (Wildman–Crippen LogP) is -1.64. The van der Waals surface area contributed by atoms with Gasteiger partial charge in [0, 0.05) is 24.2 Å². The van der Waals surface area contributed by atoms with E-state index in [1.165, 1.54) is 16.7 Å². The van der Waals surface area contributed by atoms with Crippen LogP contribution in [0.2, 0.25) is 0 Å². The third-order valence-corrected chi connectivity index (χ3v) is 10.5. The number of β-lactam (4-membered cyclic amide) rings is 2. The first-order chi connectivity index (χ1) is 27.3. The summed E-state index contributed by atoms with van der Waals surface area (Å²) >= 11 is 0. The average molecular weight is 825 g/mol. The van der Waals surface area contributed by atoms with Crippen molar-refractivity contribution in [1.82, 2.24) is 20.4 Å². The van der Waals surface area contributed by atoms with Crippen LogP contribution in [0.15, 0.2) is 59.9 Å². The van der Waals surface area contributed by atoms with E-state index in [1.807, 2.05) is 13.8 Å². The molecule has 4 aliphatic rings. The molecule has 6 rings (SSSR count). The summed E-state index contributed by atoms with van der Waals surface area (Å²) in [6, 6.07) is 12.5. The Morgan fingerprint density at radius 3 is 1.47 bits per heavy atom. The molecule has 4 amide bonds. The van der Waals surface area contributed by atoms with Gasteiger partial charge in [-0.2, -0.15) is 0 Å². The fourth-order valence-corrected chi connectivity index (χ4v) is 7.63. The van der Waals surface area contributed by atoms with Crippen molar-refractivity contribution in [3.8, 4) is 0 Å². The van der Waals surface area contributed by atoms with E-state index < -0.39 is 60.1 Å². The summed E-state index contributed by atoms with van der Waals surface area (Å²) in [5, 5.41) is 36.7. The Morgan fingerprint density at radius 1 is 0.729 bits per heavy atom. The standard InChI is InChI=1S/C24H30N2O7.C18H20N2O5.Na/c1-6-25-20(28)15-9-7-14(8-10-15)16-11-17-18(13(2)27)21(29)26(17)19(16)22(30)32-12-33-23(31)24(3,4)5;1-3-19-16(22)11-6-4-10(5-7-11)12-8-13-14(9(2)21)17(23)20(13)15(12)18(24)25;/h7-10,13,17-18,27H,6,11-12H2,1-5H3,(H,25,28);4-7,9,13-14,21H,3,8H2,1-2H3,(H,19,22)(H,24,25);/q;;+1/p-1/t13-,17-,18-;9-,13-,14-;/m11./s1. The van der Waals surface area contributed by atoms with Crippen molar-refractivity contribution in [2.75, 3.05) is 19.9 Å². The molecule has 16 nitrogen and oxygen atoms in total. The predicted molar refractivity (Wildman–Crippen MR) is 205 cm³/mol. The quantitative estimate of drug-likeness (QED) is 0.0818. The van der Waals surface area contributed by atoms with E-state index in [1.54, 1.807) is 76.2 Å². The molecule has 0 unspecified atom stereocenters. The number of aliphatic carboxylic acids is 1. The number of hydrogen-bond acceptors (Lipinski definition) is 12. The minimum Gasteiger partial charge on any atom is -0.543 e. The number of esters is 2. The number of carboxylic acids is 1. The summed E-state index contributed by atoms with van der Waals surface area (Å²) < 4.78 is 10.2. The van der Waals surface area contributed by atoms with Crippen LogP contribution in [0, 0.1) is 17.3 Å². The molecule has 0 spiro atoms. The Morgan fingerprint density at radius 2 is 1.12 bits per heavy atom. The van der Waals surface area contributed by atoms with Crippen LogP contribution < -0.4 is 45.3 Å². The number of aliphatic hydroxyl groups is 2. The summed E-state index contributed by atoms with van der Waals surface area (Å²) in [5.41, 5.74) is 2.47. The third-order valence-electron chi connectivity index (χ3n) is 10.5. The van der Waals surface area contributed by atoms with E-state index in [2.05, 4.69) is 10.6 Å². The Bertz CT molecular complexity index is 2050. The largest absolute Gasteiger partial charge is 1.00 e. The smallest absolute Gasteiger partial charge is 0.543 e. The summed E-state index contributed by atoms with van der Waals surface area (Å²) in [7, 11) is 0. The van der Waals surface area contributed by atoms with Crippen molar-refractivity contribution in [3.05, 3.63) is 82.2 Å². The number of carbonyl (C=O) groups is 7. The summed E-state index contributed by atoms with van der Waals surface area (Å²) in [5.74, 6) is -5.11. The first kappa shape index (κ1) is 46.8. The molecular weight excluding hydrogens is 775 g/mol. The first-order valence-corrected chi connectivity index (χ1v) is 19.1. The molecular formula is C42H49N4NaO12. The van der Waals surface area contributed by atoms with Gasteiger partial charge in [0.05, 0.1) is 53.2 Å². The van der Waals surface area contributed by atoms with Gasteiger partial charge >= 0.3 is 41.5 Å². The number of carbonyl (C=O) groups excluding carboxylic acids is 7. The van der Waals surface area contributed by atoms with Gasteiger partial charge in [0.25, 0.3) is 11.8 Å². The molecule has 6 atom stereocenters. The van der Waals surface area contributed by atoms with Crippen molar-refractivity contribution in [1.29, 1.82) is 0 Å². The number of nitrogens with one attached hydrogen (secondary N) is 2. The zero-order valence-electron chi connectivity index (χ0n) is 34.5. The normalized spacial score (nSPS) is 21.4. The Balaban J connectivity index is 0.000000265. The van der Waals surface area contributed by atoms with Crippen molar-refractivity contribution in [2.45, 2.75) is 85.6 Å². The molecule has 0 aliphatic carbocycles. The maximum atomic E-state index is 12.9. The van der Waals surface area contributed by atoms with Gasteiger partial charge in [0.1, 0.15) is 5.70 Å². The Kier molecular flexibility index (Phi) is 15.1. The monoisotopic (exact) mass is 824 g/mol. The van der Waals surface area contributed by atoms with Gasteiger partial charge in [0.2, 0.25) is 18.6 Å². The van der Waals surface area contributed by atoms with E-state index in [4.69, 9.17) is 9.47 Å². The molecule has 0 radical (unpaired) electrons. The number of rotatable bonds is 12. The van der Waals surface area contributed by atoms with E-state index in [0.717, 1.165) is 0 Å². The van der Waals surface area contributed by atoms with Crippen LogP contribution in [0.1, 0.15) is 93.2 Å². The van der Waals surface area contributed by atoms with Gasteiger partial charge in [-0.1, -0.05) is 24.3 Å². The average Bonchev–Trinajstić information content (AvgIpc) is 3.68. The number of amides is 4. The van der Waals surface area contributed by atoms with Crippen molar-refractivity contribution in [3.63, 3.8) is 0 Å². The molecule has 0 saturated carbocycles. The molecule has 4 N–H and O–H groups in total. The molecule has 0 bridgehead atoms. The second kappa shape index (κ2) is 19.0. The fourth-order valence-electron chi connectivity index (χ4n) is 7.63. The zero-order chi connectivity index (χ0) is 42.8. The molecule has 2 aromatic rings. The molecule has 2 aromatic carbocycles. The molecule has 4 heterocycles. The number of fused-ring (bicyclic) bond motifs is 2. The van der Waals surface area contributed by atoms with E-state index in [9.17, 15) is 48.9 Å². The molecule has 2 fully saturated rings. The van der Waals surface area contributed by atoms with Crippen LogP contribution in [0.4, 0.5) is 0 Å². The first-order valence-electron chi connectivity index (χ1n) is 19.1. The molecule has 4 aliphatic heterocycles. The number of nitrogens with zero attached hydrogens (tertiary/aromatic N) is 2. The van der Waals surface area contributed by atoms with Crippen LogP contribution in [0.25, 0.3) is 11.1 Å². The summed E-state index contributed by atoms with van der Waals surface area (Å²) in [6.45, 7) is 12.2. The molecule has 17 heteroatoms. The van der Waals surface area contributed by atoms with Gasteiger partial charge in [-0.3, -0.25) is 24.0 Å². The van der Waals surface area contributed by atoms with Crippen LogP contribution in [0.5, 0.6) is 0 Å². The zero-order valence-corrected chi connectivity index (χ0v) is 36.5. The minimum absolute atomic E-state index is 0. The second-order valence-electron chi connectivity index (χ2n) is 15.5. The molecule has 310 valence electrons. The Hall–Kier alpha value is -4.87. The van der Waals surface area contributed by atoms with Crippen LogP contribution >= 0.6 is 0 Å². The van der Waals surface area contributed by atoms with Gasteiger partial charge in [-0.05, 0) is 108 Å². The van der Waals surface area contributed by atoms with Crippen LogP contribution in [-0.4, -0.2) is 106 Å². The van der Waals surface area contributed by atoms with Crippen molar-refractivity contribution in [2.24, 2.45) is 17.3 Å². The van der Waals surface area contributed by atoms with Crippen LogP contribution in [0.3, 0.4) is 0 Å². The number of carboxylic acid groups (broad SMARTS) is 1. The molecule has 2 saturated heterocycles. The number of aliphatic hydroxyl groups excluding tert-OH is 2. The maximum Gasteiger partial charge on any atom is 1.00 e. The summed E-state index contributed by atoms with van der Waals surface area (Å²) in [4.78, 5) is 87.7. The van der Waals surface area contributed by atoms with Crippen LogP contribution in [-0.2, 0) is 33.4 Å². The van der Waals surface area contributed by atoms with Gasteiger partial charge < -0.3 is 50.0 Å². The number of ether oxygens (including phenoxy) is 2. The molecule has 0 aromatic heterocycles. The minimum atomic E-state index is -1.41.